The van der Waals surface area contributed by atoms with Gasteiger partial charge in [0.1, 0.15) is 5.82 Å². The fourth-order valence-corrected chi connectivity index (χ4v) is 3.35. The van der Waals surface area contributed by atoms with E-state index in [1.54, 1.807) is 12.1 Å². The minimum absolute atomic E-state index is 0.136. The van der Waals surface area contributed by atoms with Crippen LogP contribution < -0.4 is 0 Å². The molecule has 1 aromatic carbocycles. The lowest BCUT2D eigenvalue weighted by atomic mass is 9.67. The summed E-state index contributed by atoms with van der Waals surface area (Å²) in [4.78, 5) is 0. The summed E-state index contributed by atoms with van der Waals surface area (Å²) in [6.45, 7) is 6.78. The molecule has 112 valence electrons. The van der Waals surface area contributed by atoms with E-state index >= 15 is 0 Å². The van der Waals surface area contributed by atoms with Crippen molar-refractivity contribution in [3.05, 3.63) is 34.6 Å². The zero-order chi connectivity index (χ0) is 15.0. The molecule has 1 N–H and O–H groups in total. The highest BCUT2D eigenvalue weighted by Crippen LogP contribution is 2.42. The monoisotopic (exact) mass is 298 g/mol. The standard InChI is InChI=1S/C17H24ClFO/c1-16(2,3)13-6-8-17(20,9-7-13)11-12-4-5-14(18)15(19)10-12/h4-5,10,13,20H,6-9,11H2,1-3H3. The maximum absolute atomic E-state index is 13.5. The quantitative estimate of drug-likeness (QED) is 0.815. The van der Waals surface area contributed by atoms with E-state index in [0.717, 1.165) is 31.2 Å². The molecule has 0 atom stereocenters. The minimum atomic E-state index is -0.692. The summed E-state index contributed by atoms with van der Waals surface area (Å²) in [5.74, 6) is 0.251. The molecular formula is C17H24ClFO. The number of halogens is 2. The van der Waals surface area contributed by atoms with Gasteiger partial charge < -0.3 is 5.11 Å². The second-order valence-corrected chi connectivity index (χ2v) is 7.70. The lowest BCUT2D eigenvalue weighted by Crippen LogP contribution is -2.39. The van der Waals surface area contributed by atoms with Crippen molar-refractivity contribution in [1.82, 2.24) is 0 Å². The molecule has 0 heterocycles. The van der Waals surface area contributed by atoms with E-state index in [1.807, 2.05) is 0 Å². The number of hydrogen-bond donors (Lipinski definition) is 1. The molecule has 1 aliphatic carbocycles. The van der Waals surface area contributed by atoms with Gasteiger partial charge in [-0.25, -0.2) is 4.39 Å². The molecule has 0 bridgehead atoms. The first-order valence-electron chi connectivity index (χ1n) is 7.36. The second kappa shape index (κ2) is 5.65. The first-order chi connectivity index (χ1) is 9.20. The van der Waals surface area contributed by atoms with Crippen molar-refractivity contribution in [1.29, 1.82) is 0 Å². The van der Waals surface area contributed by atoms with E-state index in [1.165, 1.54) is 6.07 Å². The van der Waals surface area contributed by atoms with Crippen LogP contribution >= 0.6 is 11.6 Å². The van der Waals surface area contributed by atoms with Crippen LogP contribution in [0.4, 0.5) is 4.39 Å². The summed E-state index contributed by atoms with van der Waals surface area (Å²) in [5.41, 5.74) is 0.430. The highest BCUT2D eigenvalue weighted by atomic mass is 35.5. The lowest BCUT2D eigenvalue weighted by molar-refractivity contribution is -0.0245. The Hall–Kier alpha value is -0.600. The van der Waals surface area contributed by atoms with Crippen molar-refractivity contribution in [2.45, 2.75) is 58.5 Å². The third-order valence-corrected chi connectivity index (χ3v) is 4.96. The smallest absolute Gasteiger partial charge is 0.142 e. The summed E-state index contributed by atoms with van der Waals surface area (Å²) >= 11 is 5.69. The van der Waals surface area contributed by atoms with Crippen molar-refractivity contribution in [2.24, 2.45) is 11.3 Å². The van der Waals surface area contributed by atoms with Crippen LogP contribution in [0, 0.1) is 17.2 Å². The van der Waals surface area contributed by atoms with Gasteiger partial charge in [-0.15, -0.1) is 0 Å². The van der Waals surface area contributed by atoms with Crippen LogP contribution in [0.3, 0.4) is 0 Å². The summed E-state index contributed by atoms with van der Waals surface area (Å²) in [6, 6.07) is 4.81. The first-order valence-corrected chi connectivity index (χ1v) is 7.74. The fraction of sp³-hybridized carbons (Fsp3) is 0.647. The van der Waals surface area contributed by atoms with Gasteiger partial charge in [-0.2, -0.15) is 0 Å². The van der Waals surface area contributed by atoms with E-state index < -0.39 is 11.4 Å². The van der Waals surface area contributed by atoms with Gasteiger partial charge in [-0.1, -0.05) is 38.4 Å². The Bertz CT molecular complexity index is 470. The highest BCUT2D eigenvalue weighted by Gasteiger charge is 2.37. The van der Waals surface area contributed by atoms with Gasteiger partial charge in [-0.05, 0) is 54.7 Å². The highest BCUT2D eigenvalue weighted by molar-refractivity contribution is 6.30. The van der Waals surface area contributed by atoms with Crippen LogP contribution in [-0.2, 0) is 6.42 Å². The predicted octanol–water partition coefficient (Wildman–Crippen LogP) is 4.99. The molecule has 0 saturated heterocycles. The lowest BCUT2D eigenvalue weighted by Gasteiger charge is -2.41. The maximum Gasteiger partial charge on any atom is 0.142 e. The fourth-order valence-electron chi connectivity index (χ4n) is 3.23. The number of aliphatic hydroxyl groups is 1. The van der Waals surface area contributed by atoms with Crippen LogP contribution in [0.15, 0.2) is 18.2 Å². The number of rotatable bonds is 2. The van der Waals surface area contributed by atoms with Crippen molar-refractivity contribution in [3.8, 4) is 0 Å². The van der Waals surface area contributed by atoms with Gasteiger partial charge in [0, 0.05) is 6.42 Å². The van der Waals surface area contributed by atoms with E-state index in [9.17, 15) is 9.50 Å². The van der Waals surface area contributed by atoms with Gasteiger partial charge in [-0.3, -0.25) is 0 Å². The van der Waals surface area contributed by atoms with Gasteiger partial charge in [0.05, 0.1) is 10.6 Å². The molecule has 1 nitrogen and oxygen atoms in total. The van der Waals surface area contributed by atoms with Crippen LogP contribution in [-0.4, -0.2) is 10.7 Å². The van der Waals surface area contributed by atoms with Crippen molar-refractivity contribution >= 4 is 11.6 Å². The van der Waals surface area contributed by atoms with Crippen molar-refractivity contribution in [2.75, 3.05) is 0 Å². The van der Waals surface area contributed by atoms with Gasteiger partial charge in [0.15, 0.2) is 0 Å². The Balaban J connectivity index is 2.01. The molecule has 0 aromatic heterocycles. The predicted molar refractivity (Wildman–Crippen MR) is 81.5 cm³/mol. The molecule has 1 aliphatic rings. The molecule has 0 radical (unpaired) electrons. The molecule has 1 saturated carbocycles. The van der Waals surface area contributed by atoms with Crippen molar-refractivity contribution < 1.29 is 9.50 Å². The third kappa shape index (κ3) is 3.73. The molecule has 1 aromatic rings. The number of benzene rings is 1. The summed E-state index contributed by atoms with van der Waals surface area (Å²) in [5, 5.41) is 10.8. The Morgan fingerprint density at radius 3 is 2.40 bits per heavy atom. The summed E-state index contributed by atoms with van der Waals surface area (Å²) in [6.07, 6.45) is 4.17. The van der Waals surface area contributed by atoms with E-state index in [0.29, 0.717) is 17.8 Å². The van der Waals surface area contributed by atoms with Crippen LogP contribution in [0.25, 0.3) is 0 Å². The van der Waals surface area contributed by atoms with Crippen LogP contribution in [0.1, 0.15) is 52.0 Å². The topological polar surface area (TPSA) is 20.2 Å². The Labute approximate surface area is 126 Å². The second-order valence-electron chi connectivity index (χ2n) is 7.29. The SMILES string of the molecule is CC(C)(C)C1CCC(O)(Cc2ccc(Cl)c(F)c2)CC1. The van der Waals surface area contributed by atoms with E-state index in [-0.39, 0.29) is 5.02 Å². The molecule has 2 rings (SSSR count). The molecule has 20 heavy (non-hydrogen) atoms. The molecular weight excluding hydrogens is 275 g/mol. The summed E-state index contributed by atoms with van der Waals surface area (Å²) < 4.78 is 13.5. The third-order valence-electron chi connectivity index (χ3n) is 4.66. The van der Waals surface area contributed by atoms with Gasteiger partial charge >= 0.3 is 0 Å². The van der Waals surface area contributed by atoms with E-state index in [2.05, 4.69) is 20.8 Å². The van der Waals surface area contributed by atoms with Gasteiger partial charge in [0.25, 0.3) is 0 Å². The van der Waals surface area contributed by atoms with Crippen LogP contribution in [0.2, 0.25) is 5.02 Å². The molecule has 1 fully saturated rings. The summed E-state index contributed by atoms with van der Waals surface area (Å²) in [7, 11) is 0. The average molecular weight is 299 g/mol. The molecule has 3 heteroatoms. The molecule has 0 aliphatic heterocycles. The zero-order valence-corrected chi connectivity index (χ0v) is 13.3. The van der Waals surface area contributed by atoms with Crippen molar-refractivity contribution in [3.63, 3.8) is 0 Å². The Morgan fingerprint density at radius 2 is 1.90 bits per heavy atom. The Kier molecular flexibility index (Phi) is 4.46. The van der Waals surface area contributed by atoms with Crippen LogP contribution in [0.5, 0.6) is 0 Å². The van der Waals surface area contributed by atoms with E-state index in [4.69, 9.17) is 11.6 Å². The van der Waals surface area contributed by atoms with Gasteiger partial charge in [0.2, 0.25) is 0 Å². The normalized spacial score (nSPS) is 27.6. The Morgan fingerprint density at radius 1 is 1.30 bits per heavy atom. The zero-order valence-electron chi connectivity index (χ0n) is 12.5. The molecule has 0 amide bonds. The maximum atomic E-state index is 13.5. The first kappa shape index (κ1) is 15.8. The molecule has 0 spiro atoms. The largest absolute Gasteiger partial charge is 0.390 e. The number of hydrogen-bond acceptors (Lipinski definition) is 1. The minimum Gasteiger partial charge on any atom is -0.390 e. The molecule has 0 unspecified atom stereocenters. The average Bonchev–Trinajstić information content (AvgIpc) is 2.33.